The maximum atomic E-state index is 13.0. The minimum absolute atomic E-state index is 0.00467. The third kappa shape index (κ3) is 3.87. The lowest BCUT2D eigenvalue weighted by Gasteiger charge is -2.29. The number of hydrogen-bond donors (Lipinski definition) is 2. The molecule has 25 heavy (non-hydrogen) atoms. The van der Waals surface area contributed by atoms with Crippen molar-refractivity contribution in [1.29, 1.82) is 0 Å². The van der Waals surface area contributed by atoms with Crippen molar-refractivity contribution in [2.24, 2.45) is 5.41 Å². The summed E-state index contributed by atoms with van der Waals surface area (Å²) in [4.78, 5) is 17.4. The lowest BCUT2D eigenvalue weighted by Crippen LogP contribution is -2.24. The molecule has 136 valence electrons. The molecule has 1 aliphatic rings. The quantitative estimate of drug-likeness (QED) is 0.859. The average Bonchev–Trinajstić information content (AvgIpc) is 2.91. The molecule has 1 heterocycles. The Kier molecular flexibility index (Phi) is 2.38. The maximum absolute atomic E-state index is 13.0. The second-order valence-electron chi connectivity index (χ2n) is 7.28. The van der Waals surface area contributed by atoms with Gasteiger partial charge in [0.1, 0.15) is 0 Å². The highest BCUT2D eigenvalue weighted by atomic mass is 16.3. The molecule has 0 aliphatic heterocycles. The van der Waals surface area contributed by atoms with Crippen LogP contribution in [0.25, 0.3) is 11.0 Å². The van der Waals surface area contributed by atoms with Crippen molar-refractivity contribution in [1.82, 2.24) is 9.55 Å². The molecule has 0 saturated heterocycles. The number of amides is 1. The fraction of sp³-hybridized carbons (Fsp3) is 0.600. The lowest BCUT2D eigenvalue weighted by molar-refractivity contribution is -0.117. The standard InChI is InChI=1S/C20H29N3O2/c1-19(2,3)12-17(24)22-18-21-15-10-9-13(20(4,5)25)11-16(15)23(18)14-7-6-8-14/h9-11,14,25H,6-8,12H2,1-5H3,(H,21,22,24)/i1D3,2D3,3D3. The summed E-state index contributed by atoms with van der Waals surface area (Å²) < 4.78 is 71.3. The van der Waals surface area contributed by atoms with Crippen LogP contribution >= 0.6 is 0 Å². The number of nitrogens with one attached hydrogen (secondary N) is 1. The van der Waals surface area contributed by atoms with Crippen LogP contribution in [0.4, 0.5) is 5.95 Å². The van der Waals surface area contributed by atoms with E-state index in [1.165, 1.54) is 0 Å². The average molecular weight is 353 g/mol. The second kappa shape index (κ2) is 6.13. The highest BCUT2D eigenvalue weighted by molar-refractivity contribution is 5.92. The number of aliphatic hydroxyl groups is 1. The Labute approximate surface area is 162 Å². The first-order chi connectivity index (χ1) is 15.3. The molecule has 1 aromatic heterocycles. The van der Waals surface area contributed by atoms with E-state index in [1.807, 2.05) is 0 Å². The number of imidazole rings is 1. The van der Waals surface area contributed by atoms with Gasteiger partial charge in [0.25, 0.3) is 0 Å². The van der Waals surface area contributed by atoms with Crippen LogP contribution in [0, 0.1) is 5.41 Å². The van der Waals surface area contributed by atoms with E-state index in [-0.39, 0.29) is 12.0 Å². The SMILES string of the molecule is [2H]C([2H])([2H])C(CC(=O)Nc1nc2ccc(C(C)(C)O)cc2n1C1CCC1)(C([2H])([2H])[2H])C([2H])([2H])[2H]. The largest absolute Gasteiger partial charge is 0.386 e. The first-order valence-corrected chi connectivity index (χ1v) is 8.34. The molecule has 2 aromatic rings. The molecule has 1 fully saturated rings. The minimum Gasteiger partial charge on any atom is -0.386 e. The summed E-state index contributed by atoms with van der Waals surface area (Å²) in [6.07, 6.45) is 1.32. The van der Waals surface area contributed by atoms with Crippen LogP contribution in [-0.4, -0.2) is 20.6 Å². The molecular formula is C20H29N3O2. The smallest absolute Gasteiger partial charge is 0.227 e. The zero-order valence-corrected chi connectivity index (χ0v) is 14.4. The van der Waals surface area contributed by atoms with Gasteiger partial charge >= 0.3 is 0 Å². The van der Waals surface area contributed by atoms with Crippen molar-refractivity contribution in [2.75, 3.05) is 5.32 Å². The Morgan fingerprint density at radius 3 is 2.68 bits per heavy atom. The van der Waals surface area contributed by atoms with Crippen LogP contribution in [0.2, 0.25) is 0 Å². The fourth-order valence-corrected chi connectivity index (χ4v) is 2.99. The summed E-state index contributed by atoms with van der Waals surface area (Å²) in [5.41, 5.74) is -2.58. The van der Waals surface area contributed by atoms with E-state index in [2.05, 4.69) is 10.3 Å². The van der Waals surface area contributed by atoms with Crippen molar-refractivity contribution in [3.63, 3.8) is 0 Å². The van der Waals surface area contributed by atoms with E-state index in [1.54, 1.807) is 36.6 Å². The van der Waals surface area contributed by atoms with Gasteiger partial charge in [0.05, 0.1) is 16.6 Å². The monoisotopic (exact) mass is 352 g/mol. The van der Waals surface area contributed by atoms with E-state index < -0.39 is 43.9 Å². The van der Waals surface area contributed by atoms with Gasteiger partial charge in [-0.3, -0.25) is 10.1 Å². The van der Waals surface area contributed by atoms with Crippen molar-refractivity contribution in [3.05, 3.63) is 23.8 Å². The summed E-state index contributed by atoms with van der Waals surface area (Å²) in [5, 5.41) is 12.9. The predicted molar refractivity (Wildman–Crippen MR) is 101 cm³/mol. The van der Waals surface area contributed by atoms with E-state index in [0.29, 0.717) is 16.6 Å². The van der Waals surface area contributed by atoms with Crippen LogP contribution in [0.1, 0.15) is 84.0 Å². The number of hydrogen-bond acceptors (Lipinski definition) is 3. The second-order valence-corrected chi connectivity index (χ2v) is 7.28. The Bertz CT molecular complexity index is 1040. The molecule has 1 aliphatic carbocycles. The first-order valence-electron chi connectivity index (χ1n) is 12.8. The van der Waals surface area contributed by atoms with Gasteiger partial charge < -0.3 is 9.67 Å². The normalized spacial score (nSPS) is 22.9. The van der Waals surface area contributed by atoms with E-state index in [0.717, 1.165) is 19.3 Å². The zero-order valence-electron chi connectivity index (χ0n) is 23.4. The molecule has 1 saturated carbocycles. The molecule has 0 bridgehead atoms. The van der Waals surface area contributed by atoms with Crippen molar-refractivity contribution in [2.45, 2.75) is 71.7 Å². The molecule has 5 heteroatoms. The molecule has 3 rings (SSSR count). The van der Waals surface area contributed by atoms with Gasteiger partial charge in [-0.15, -0.1) is 0 Å². The third-order valence-electron chi connectivity index (χ3n) is 4.51. The Hall–Kier alpha value is -1.88. The summed E-state index contributed by atoms with van der Waals surface area (Å²) in [5.74, 6) is -0.991. The van der Waals surface area contributed by atoms with E-state index in [9.17, 15) is 9.90 Å². The minimum atomic E-state index is -3.46. The summed E-state index contributed by atoms with van der Waals surface area (Å²) in [6, 6.07) is 5.14. The molecule has 0 radical (unpaired) electrons. The highest BCUT2D eigenvalue weighted by Crippen LogP contribution is 2.38. The first kappa shape index (κ1) is 9.72. The molecule has 2 N–H and O–H groups in total. The van der Waals surface area contributed by atoms with Crippen molar-refractivity contribution >= 4 is 22.9 Å². The van der Waals surface area contributed by atoms with Gasteiger partial charge in [0.15, 0.2) is 0 Å². The Balaban J connectivity index is 2.05. The maximum Gasteiger partial charge on any atom is 0.227 e. The number of benzene rings is 1. The molecule has 0 spiro atoms. The van der Waals surface area contributed by atoms with Crippen LogP contribution in [0.15, 0.2) is 18.2 Å². The van der Waals surface area contributed by atoms with E-state index >= 15 is 0 Å². The number of nitrogens with zero attached hydrogens (tertiary/aromatic N) is 2. The molecule has 0 atom stereocenters. The van der Waals surface area contributed by atoms with Crippen LogP contribution in [0.3, 0.4) is 0 Å². The summed E-state index contributed by atoms with van der Waals surface area (Å²) >= 11 is 0. The highest BCUT2D eigenvalue weighted by Gasteiger charge is 2.27. The number of rotatable bonds is 4. The number of anilines is 1. The zero-order chi connectivity index (χ0) is 25.9. The van der Waals surface area contributed by atoms with Crippen LogP contribution in [-0.2, 0) is 10.4 Å². The lowest BCUT2D eigenvalue weighted by atomic mass is 9.92. The van der Waals surface area contributed by atoms with E-state index in [4.69, 9.17) is 12.3 Å². The fourth-order valence-electron chi connectivity index (χ4n) is 2.99. The van der Waals surface area contributed by atoms with Gasteiger partial charge in [0, 0.05) is 24.8 Å². The number of aromatic nitrogens is 2. The Morgan fingerprint density at radius 1 is 1.40 bits per heavy atom. The summed E-state index contributed by atoms with van der Waals surface area (Å²) in [7, 11) is 0. The molecular weight excluding hydrogens is 314 g/mol. The van der Waals surface area contributed by atoms with Gasteiger partial charge in [0.2, 0.25) is 11.9 Å². The number of carbonyl (C=O) groups is 1. The van der Waals surface area contributed by atoms with Crippen molar-refractivity contribution < 1.29 is 22.2 Å². The molecule has 1 aromatic carbocycles. The van der Waals surface area contributed by atoms with Gasteiger partial charge in [-0.05, 0) is 56.2 Å². The topological polar surface area (TPSA) is 67.2 Å². The van der Waals surface area contributed by atoms with Crippen LogP contribution in [0.5, 0.6) is 0 Å². The molecule has 5 nitrogen and oxygen atoms in total. The number of fused-ring (bicyclic) bond motifs is 1. The van der Waals surface area contributed by atoms with Crippen molar-refractivity contribution in [3.8, 4) is 0 Å². The third-order valence-corrected chi connectivity index (χ3v) is 4.51. The van der Waals surface area contributed by atoms with Gasteiger partial charge in [-0.25, -0.2) is 4.98 Å². The molecule has 0 unspecified atom stereocenters. The molecule has 1 amide bonds. The Morgan fingerprint density at radius 2 is 2.12 bits per heavy atom. The number of carbonyl (C=O) groups excluding carboxylic acids is 1. The van der Waals surface area contributed by atoms with Gasteiger partial charge in [-0.2, -0.15) is 0 Å². The van der Waals surface area contributed by atoms with Gasteiger partial charge in [-0.1, -0.05) is 26.6 Å². The predicted octanol–water partition coefficient (Wildman–Crippen LogP) is 4.36. The summed E-state index contributed by atoms with van der Waals surface area (Å²) in [6.45, 7) is -7.11. The van der Waals surface area contributed by atoms with Crippen LogP contribution < -0.4 is 5.32 Å².